The Labute approximate surface area is 84.0 Å². The van der Waals surface area contributed by atoms with Gasteiger partial charge in [-0.2, -0.15) is 0 Å². The molecule has 0 atom stereocenters. The molecule has 1 aliphatic carbocycles. The van der Waals surface area contributed by atoms with Gasteiger partial charge in [0, 0.05) is 38.4 Å². The second-order valence-corrected chi connectivity index (χ2v) is 3.98. The molecule has 1 saturated carbocycles. The molecule has 0 saturated heterocycles. The summed E-state index contributed by atoms with van der Waals surface area (Å²) in [5.74, 6) is 1.11. The van der Waals surface area contributed by atoms with Gasteiger partial charge in [-0.25, -0.2) is 4.98 Å². The molecular formula is C10H17N3O. The van der Waals surface area contributed by atoms with E-state index in [1.807, 2.05) is 24.0 Å². The summed E-state index contributed by atoms with van der Waals surface area (Å²) in [6.07, 6.45) is 6.47. The third-order valence-electron chi connectivity index (χ3n) is 2.82. The van der Waals surface area contributed by atoms with Crippen molar-refractivity contribution in [3.63, 3.8) is 0 Å². The van der Waals surface area contributed by atoms with Crippen LogP contribution in [0.15, 0.2) is 12.4 Å². The predicted molar refractivity (Wildman–Crippen MR) is 53.9 cm³/mol. The molecule has 0 aliphatic heterocycles. The maximum absolute atomic E-state index is 9.09. The second kappa shape index (κ2) is 4.11. The first-order valence-corrected chi connectivity index (χ1v) is 5.13. The largest absolute Gasteiger partial charge is 0.393 e. The molecule has 1 aliphatic rings. The van der Waals surface area contributed by atoms with Gasteiger partial charge >= 0.3 is 0 Å². The number of nitrogens with one attached hydrogen (secondary N) is 1. The first kappa shape index (κ1) is 9.68. The molecule has 78 valence electrons. The molecule has 1 fully saturated rings. The summed E-state index contributed by atoms with van der Waals surface area (Å²) in [7, 11) is 2.01. The molecule has 2 rings (SSSR count). The van der Waals surface area contributed by atoms with Crippen LogP contribution in [0.2, 0.25) is 0 Å². The zero-order valence-corrected chi connectivity index (χ0v) is 8.48. The quantitative estimate of drug-likeness (QED) is 0.715. The van der Waals surface area contributed by atoms with Gasteiger partial charge in [0.05, 0.1) is 6.10 Å². The average molecular weight is 195 g/mol. The Kier molecular flexibility index (Phi) is 2.84. The maximum Gasteiger partial charge on any atom is 0.109 e. The van der Waals surface area contributed by atoms with Gasteiger partial charge in [0.25, 0.3) is 0 Å². The van der Waals surface area contributed by atoms with Gasteiger partial charge in [0.1, 0.15) is 5.82 Å². The highest BCUT2D eigenvalue weighted by Gasteiger charge is 2.26. The van der Waals surface area contributed by atoms with Crippen LogP contribution >= 0.6 is 0 Å². The van der Waals surface area contributed by atoms with Gasteiger partial charge < -0.3 is 15.0 Å². The fraction of sp³-hybridized carbons (Fsp3) is 0.700. The highest BCUT2D eigenvalue weighted by Crippen LogP contribution is 2.18. The second-order valence-electron chi connectivity index (χ2n) is 3.98. The van der Waals surface area contributed by atoms with Gasteiger partial charge in [-0.3, -0.25) is 0 Å². The van der Waals surface area contributed by atoms with E-state index in [1.54, 1.807) is 0 Å². The summed E-state index contributed by atoms with van der Waals surface area (Å²) in [4.78, 5) is 4.24. The molecule has 0 unspecified atom stereocenters. The maximum atomic E-state index is 9.09. The Bertz CT molecular complexity index is 291. The fourth-order valence-corrected chi connectivity index (χ4v) is 1.78. The normalized spacial score (nSPS) is 26.1. The topological polar surface area (TPSA) is 50.1 Å². The smallest absolute Gasteiger partial charge is 0.109 e. The van der Waals surface area contributed by atoms with Crippen molar-refractivity contribution in [3.8, 4) is 0 Å². The van der Waals surface area contributed by atoms with Gasteiger partial charge in [-0.15, -0.1) is 0 Å². The highest BCUT2D eigenvalue weighted by atomic mass is 16.3. The van der Waals surface area contributed by atoms with Crippen LogP contribution in [-0.2, 0) is 13.5 Å². The van der Waals surface area contributed by atoms with Crippen molar-refractivity contribution in [1.82, 2.24) is 14.9 Å². The van der Waals surface area contributed by atoms with Crippen molar-refractivity contribution in [2.45, 2.75) is 31.4 Å². The minimum absolute atomic E-state index is 0.0688. The summed E-state index contributed by atoms with van der Waals surface area (Å²) < 4.78 is 2.04. The average Bonchev–Trinajstić information content (AvgIpc) is 2.49. The van der Waals surface area contributed by atoms with E-state index in [9.17, 15) is 0 Å². The number of hydrogen-bond donors (Lipinski definition) is 2. The number of aromatic nitrogens is 2. The molecule has 0 bridgehead atoms. The van der Waals surface area contributed by atoms with Crippen LogP contribution in [0.3, 0.4) is 0 Å². The van der Waals surface area contributed by atoms with E-state index in [0.29, 0.717) is 6.04 Å². The Hall–Kier alpha value is -0.870. The van der Waals surface area contributed by atoms with Crippen LogP contribution in [0, 0.1) is 0 Å². The third kappa shape index (κ3) is 2.13. The van der Waals surface area contributed by atoms with Gasteiger partial charge in [0.2, 0.25) is 0 Å². The van der Waals surface area contributed by atoms with E-state index in [1.165, 1.54) is 0 Å². The van der Waals surface area contributed by atoms with Crippen molar-refractivity contribution in [2.24, 2.45) is 7.05 Å². The number of aliphatic hydroxyl groups is 1. The number of nitrogens with zero attached hydrogens (tertiary/aromatic N) is 2. The Morgan fingerprint density at radius 1 is 1.64 bits per heavy atom. The molecular weight excluding hydrogens is 178 g/mol. The Morgan fingerprint density at radius 2 is 2.43 bits per heavy atom. The van der Waals surface area contributed by atoms with Crippen molar-refractivity contribution in [2.75, 3.05) is 6.54 Å². The molecule has 1 aromatic heterocycles. The summed E-state index contributed by atoms with van der Waals surface area (Å²) in [6, 6.07) is 0.519. The standard InChI is InChI=1S/C10H17N3O/c1-13-5-4-12-10(13)2-3-11-8-6-9(14)7-8/h4-5,8-9,11,14H,2-3,6-7H2,1H3. The van der Waals surface area contributed by atoms with E-state index in [2.05, 4.69) is 10.3 Å². The van der Waals surface area contributed by atoms with Crippen molar-refractivity contribution >= 4 is 0 Å². The minimum atomic E-state index is -0.0688. The van der Waals surface area contributed by atoms with Gasteiger partial charge in [0.15, 0.2) is 0 Å². The summed E-state index contributed by atoms with van der Waals surface area (Å²) in [5.41, 5.74) is 0. The zero-order valence-electron chi connectivity index (χ0n) is 8.48. The van der Waals surface area contributed by atoms with Gasteiger partial charge in [-0.1, -0.05) is 0 Å². The molecule has 0 aromatic carbocycles. The zero-order chi connectivity index (χ0) is 9.97. The molecule has 0 radical (unpaired) electrons. The lowest BCUT2D eigenvalue weighted by Crippen LogP contribution is -2.44. The summed E-state index contributed by atoms with van der Waals surface area (Å²) in [5, 5.41) is 12.5. The van der Waals surface area contributed by atoms with Crippen LogP contribution in [0.25, 0.3) is 0 Å². The Morgan fingerprint density at radius 3 is 3.00 bits per heavy atom. The summed E-state index contributed by atoms with van der Waals surface area (Å²) >= 11 is 0. The molecule has 14 heavy (non-hydrogen) atoms. The minimum Gasteiger partial charge on any atom is -0.393 e. The van der Waals surface area contributed by atoms with Crippen molar-refractivity contribution in [3.05, 3.63) is 18.2 Å². The van der Waals surface area contributed by atoms with E-state index < -0.39 is 0 Å². The monoisotopic (exact) mass is 195 g/mol. The lowest BCUT2D eigenvalue weighted by molar-refractivity contribution is 0.0628. The van der Waals surface area contributed by atoms with Crippen LogP contribution < -0.4 is 5.32 Å². The van der Waals surface area contributed by atoms with Crippen LogP contribution in [0.1, 0.15) is 18.7 Å². The number of imidazole rings is 1. The summed E-state index contributed by atoms with van der Waals surface area (Å²) in [6.45, 7) is 0.947. The fourth-order valence-electron chi connectivity index (χ4n) is 1.78. The molecule has 2 N–H and O–H groups in total. The molecule has 4 heteroatoms. The Balaban J connectivity index is 1.66. The van der Waals surface area contributed by atoms with Crippen LogP contribution in [-0.4, -0.2) is 33.3 Å². The number of aliphatic hydroxyl groups excluding tert-OH is 1. The van der Waals surface area contributed by atoms with Crippen LogP contribution in [0.5, 0.6) is 0 Å². The van der Waals surface area contributed by atoms with Crippen molar-refractivity contribution in [1.29, 1.82) is 0 Å². The van der Waals surface area contributed by atoms with E-state index in [0.717, 1.165) is 31.6 Å². The molecule has 1 aromatic rings. The van der Waals surface area contributed by atoms with Gasteiger partial charge in [-0.05, 0) is 12.8 Å². The first-order valence-electron chi connectivity index (χ1n) is 5.13. The molecule has 0 spiro atoms. The van der Waals surface area contributed by atoms with E-state index in [-0.39, 0.29) is 6.10 Å². The lowest BCUT2D eigenvalue weighted by Gasteiger charge is -2.32. The lowest BCUT2D eigenvalue weighted by atomic mass is 9.89. The number of aryl methyl sites for hydroxylation is 1. The SMILES string of the molecule is Cn1ccnc1CCNC1CC(O)C1. The predicted octanol–water partition coefficient (Wildman–Crippen LogP) is 0.0755. The van der Waals surface area contributed by atoms with Crippen molar-refractivity contribution < 1.29 is 5.11 Å². The molecule has 1 heterocycles. The van der Waals surface area contributed by atoms with Crippen LogP contribution in [0.4, 0.5) is 0 Å². The van der Waals surface area contributed by atoms with E-state index >= 15 is 0 Å². The first-order chi connectivity index (χ1) is 6.75. The highest BCUT2D eigenvalue weighted by molar-refractivity contribution is 4.92. The van der Waals surface area contributed by atoms with E-state index in [4.69, 9.17) is 5.11 Å². The third-order valence-corrected chi connectivity index (χ3v) is 2.82. The number of rotatable bonds is 4. The number of hydrogen-bond acceptors (Lipinski definition) is 3. The molecule has 0 amide bonds. The molecule has 4 nitrogen and oxygen atoms in total.